The molecule has 0 bridgehead atoms. The van der Waals surface area contributed by atoms with Gasteiger partial charge in [0.25, 0.3) is 0 Å². The van der Waals surface area contributed by atoms with Gasteiger partial charge >= 0.3 is 0 Å². The van der Waals surface area contributed by atoms with Crippen molar-refractivity contribution in [2.45, 2.75) is 56.9 Å². The molecule has 1 unspecified atom stereocenters. The molecule has 3 rings (SSSR count). The quantitative estimate of drug-likeness (QED) is 0.738. The second-order valence-electron chi connectivity index (χ2n) is 7.17. The Kier molecular flexibility index (Phi) is 10.00. The van der Waals surface area contributed by atoms with Gasteiger partial charge in [0, 0.05) is 11.1 Å². The van der Waals surface area contributed by atoms with Crippen LogP contribution in [0.15, 0.2) is 24.3 Å². The van der Waals surface area contributed by atoms with Crippen LogP contribution in [0, 0.1) is 5.92 Å². The fourth-order valence-corrected chi connectivity index (χ4v) is 4.47. The van der Waals surface area contributed by atoms with Crippen molar-refractivity contribution in [3.63, 3.8) is 0 Å². The molecular formula is C19H31Cl3N2. The van der Waals surface area contributed by atoms with Gasteiger partial charge < -0.3 is 10.6 Å². The van der Waals surface area contributed by atoms with Gasteiger partial charge in [-0.05, 0) is 81.3 Å². The lowest BCUT2D eigenvalue weighted by molar-refractivity contribution is 0.199. The van der Waals surface area contributed by atoms with Crippen LogP contribution in [0.4, 0.5) is 0 Å². The van der Waals surface area contributed by atoms with Gasteiger partial charge in [-0.15, -0.1) is 24.8 Å². The van der Waals surface area contributed by atoms with Crippen LogP contribution in [-0.2, 0) is 0 Å². The molecule has 1 heterocycles. The summed E-state index contributed by atoms with van der Waals surface area (Å²) in [7, 11) is 0. The van der Waals surface area contributed by atoms with Crippen molar-refractivity contribution in [1.82, 2.24) is 4.90 Å². The molecule has 24 heavy (non-hydrogen) atoms. The van der Waals surface area contributed by atoms with E-state index in [9.17, 15) is 0 Å². The number of halogens is 3. The van der Waals surface area contributed by atoms with Gasteiger partial charge in [0.1, 0.15) is 0 Å². The van der Waals surface area contributed by atoms with Crippen LogP contribution in [0.2, 0.25) is 5.02 Å². The Balaban J connectivity index is 0.00000144. The van der Waals surface area contributed by atoms with Gasteiger partial charge in [-0.3, -0.25) is 0 Å². The first-order valence-electron chi connectivity index (χ1n) is 8.96. The van der Waals surface area contributed by atoms with Crippen LogP contribution in [0.5, 0.6) is 0 Å². The SMILES string of the molecule is Cl.Cl.NC1CCN(CCC(c2cccc(Cl)c2)C2CCCC2)CC1. The van der Waals surface area contributed by atoms with Crippen molar-refractivity contribution in [1.29, 1.82) is 0 Å². The van der Waals surface area contributed by atoms with E-state index < -0.39 is 0 Å². The zero-order valence-corrected chi connectivity index (χ0v) is 16.7. The van der Waals surface area contributed by atoms with Crippen LogP contribution in [0.25, 0.3) is 0 Å². The Hall–Kier alpha value is 0.01000. The molecule has 0 amide bonds. The Morgan fingerprint density at radius 1 is 1.08 bits per heavy atom. The molecule has 1 aliphatic carbocycles. The van der Waals surface area contributed by atoms with Crippen LogP contribution in [0.1, 0.15) is 56.4 Å². The minimum absolute atomic E-state index is 0. The second kappa shape index (κ2) is 10.9. The maximum absolute atomic E-state index is 6.24. The average molecular weight is 394 g/mol. The topological polar surface area (TPSA) is 29.3 Å². The summed E-state index contributed by atoms with van der Waals surface area (Å²) >= 11 is 6.24. The molecule has 5 heteroatoms. The molecule has 1 aromatic rings. The minimum Gasteiger partial charge on any atom is -0.328 e. The zero-order chi connectivity index (χ0) is 15.4. The molecule has 2 fully saturated rings. The predicted molar refractivity (Wildman–Crippen MR) is 109 cm³/mol. The standard InChI is InChI=1S/C19H29ClN2.2ClH/c20-17-7-3-6-16(14-17)19(15-4-1-2-5-15)10-13-22-11-8-18(21)9-12-22;;/h3,6-7,14-15,18-19H,1-2,4-5,8-13,21H2;2*1H. The van der Waals surface area contributed by atoms with Gasteiger partial charge in [-0.25, -0.2) is 0 Å². The molecule has 2 nitrogen and oxygen atoms in total. The highest BCUT2D eigenvalue weighted by Gasteiger charge is 2.27. The normalized spacial score (nSPS) is 21.1. The van der Waals surface area contributed by atoms with Gasteiger partial charge in [0.15, 0.2) is 0 Å². The van der Waals surface area contributed by atoms with E-state index in [1.54, 1.807) is 0 Å². The van der Waals surface area contributed by atoms with E-state index in [0.29, 0.717) is 12.0 Å². The van der Waals surface area contributed by atoms with Gasteiger partial charge in [-0.2, -0.15) is 0 Å². The molecule has 1 aliphatic heterocycles. The van der Waals surface area contributed by atoms with Gasteiger partial charge in [-0.1, -0.05) is 36.6 Å². The summed E-state index contributed by atoms with van der Waals surface area (Å²) in [4.78, 5) is 2.61. The molecule has 1 saturated heterocycles. The van der Waals surface area contributed by atoms with Crippen molar-refractivity contribution < 1.29 is 0 Å². The summed E-state index contributed by atoms with van der Waals surface area (Å²) in [5.74, 6) is 1.53. The number of likely N-dealkylation sites (tertiary alicyclic amines) is 1. The zero-order valence-electron chi connectivity index (χ0n) is 14.3. The Bertz CT molecular complexity index is 469. The van der Waals surface area contributed by atoms with Gasteiger partial charge in [0.2, 0.25) is 0 Å². The van der Waals surface area contributed by atoms with Crippen molar-refractivity contribution in [3.8, 4) is 0 Å². The van der Waals surface area contributed by atoms with E-state index in [1.165, 1.54) is 57.3 Å². The lowest BCUT2D eigenvalue weighted by atomic mass is 9.82. The lowest BCUT2D eigenvalue weighted by Crippen LogP contribution is -2.40. The Labute approximate surface area is 164 Å². The maximum atomic E-state index is 6.24. The second-order valence-corrected chi connectivity index (χ2v) is 7.61. The lowest BCUT2D eigenvalue weighted by Gasteiger charge is -2.32. The number of hydrogen-bond donors (Lipinski definition) is 1. The number of hydrogen-bond acceptors (Lipinski definition) is 2. The fraction of sp³-hybridized carbons (Fsp3) is 0.684. The van der Waals surface area contributed by atoms with Crippen LogP contribution < -0.4 is 5.73 Å². The van der Waals surface area contributed by atoms with E-state index >= 15 is 0 Å². The third kappa shape index (κ3) is 6.07. The Morgan fingerprint density at radius 2 is 1.75 bits per heavy atom. The van der Waals surface area contributed by atoms with Crippen molar-refractivity contribution >= 4 is 36.4 Å². The van der Waals surface area contributed by atoms with Crippen LogP contribution >= 0.6 is 36.4 Å². The van der Waals surface area contributed by atoms with E-state index in [0.717, 1.165) is 23.8 Å². The fourth-order valence-electron chi connectivity index (χ4n) is 4.27. The number of piperidine rings is 1. The molecule has 1 saturated carbocycles. The average Bonchev–Trinajstić information content (AvgIpc) is 3.04. The third-order valence-corrected chi connectivity index (χ3v) is 5.87. The van der Waals surface area contributed by atoms with E-state index in [1.807, 2.05) is 6.07 Å². The highest BCUT2D eigenvalue weighted by Crippen LogP contribution is 2.40. The first kappa shape index (κ1) is 22.1. The molecule has 2 N–H and O–H groups in total. The van der Waals surface area contributed by atoms with E-state index in [-0.39, 0.29) is 24.8 Å². The summed E-state index contributed by atoms with van der Waals surface area (Å²) in [6, 6.07) is 9.00. The number of nitrogens with zero attached hydrogens (tertiary/aromatic N) is 1. The molecule has 1 atom stereocenters. The minimum atomic E-state index is 0. The molecule has 1 aromatic carbocycles. The Morgan fingerprint density at radius 3 is 2.38 bits per heavy atom. The molecule has 2 aliphatic rings. The summed E-state index contributed by atoms with van der Waals surface area (Å²) in [6.07, 6.45) is 9.17. The summed E-state index contributed by atoms with van der Waals surface area (Å²) in [5, 5.41) is 0.879. The maximum Gasteiger partial charge on any atom is 0.0408 e. The number of benzene rings is 1. The first-order chi connectivity index (χ1) is 10.7. The molecule has 0 aromatic heterocycles. The first-order valence-corrected chi connectivity index (χ1v) is 9.33. The van der Waals surface area contributed by atoms with Gasteiger partial charge in [0.05, 0.1) is 0 Å². The summed E-state index contributed by atoms with van der Waals surface area (Å²) in [6.45, 7) is 3.56. The number of nitrogens with two attached hydrogens (primary N) is 1. The van der Waals surface area contributed by atoms with E-state index in [4.69, 9.17) is 17.3 Å². The van der Waals surface area contributed by atoms with Crippen molar-refractivity contribution in [2.75, 3.05) is 19.6 Å². The molecule has 138 valence electrons. The smallest absolute Gasteiger partial charge is 0.0408 e. The molecule has 0 radical (unpaired) electrons. The monoisotopic (exact) mass is 392 g/mol. The highest BCUT2D eigenvalue weighted by molar-refractivity contribution is 6.30. The largest absolute Gasteiger partial charge is 0.328 e. The number of rotatable bonds is 5. The van der Waals surface area contributed by atoms with E-state index in [2.05, 4.69) is 23.1 Å². The molecule has 0 spiro atoms. The van der Waals surface area contributed by atoms with Crippen molar-refractivity contribution in [2.24, 2.45) is 11.7 Å². The summed E-state index contributed by atoms with van der Waals surface area (Å²) in [5.41, 5.74) is 7.47. The highest BCUT2D eigenvalue weighted by atomic mass is 35.5. The van der Waals surface area contributed by atoms with Crippen LogP contribution in [0.3, 0.4) is 0 Å². The van der Waals surface area contributed by atoms with Crippen LogP contribution in [-0.4, -0.2) is 30.6 Å². The summed E-state index contributed by atoms with van der Waals surface area (Å²) < 4.78 is 0. The third-order valence-electron chi connectivity index (χ3n) is 5.63. The predicted octanol–water partition coefficient (Wildman–Crippen LogP) is 5.27. The molecular weight excluding hydrogens is 363 g/mol. The van der Waals surface area contributed by atoms with Crippen molar-refractivity contribution in [3.05, 3.63) is 34.9 Å².